The molecular weight excluding hydrogens is 392 g/mol. The molecule has 5 rings (SSSR count). The van der Waals surface area contributed by atoms with Gasteiger partial charge in [-0.2, -0.15) is 0 Å². The Morgan fingerprint density at radius 2 is 1.69 bits per heavy atom. The van der Waals surface area contributed by atoms with Crippen LogP contribution in [0.15, 0.2) is 54.9 Å². The fourth-order valence-electron chi connectivity index (χ4n) is 3.66. The van der Waals surface area contributed by atoms with Crippen LogP contribution in [0.2, 0.25) is 0 Å². The number of benzene rings is 1. The Labute approximate surface area is 191 Å². The highest BCUT2D eigenvalue weighted by molar-refractivity contribution is 5.80. The van der Waals surface area contributed by atoms with Crippen molar-refractivity contribution in [3.05, 3.63) is 71.8 Å². The molecular formula is C28H32N4. The van der Waals surface area contributed by atoms with Gasteiger partial charge in [-0.1, -0.05) is 62.9 Å². The predicted octanol–water partition coefficient (Wildman–Crippen LogP) is 6.69. The average molecular weight is 425 g/mol. The van der Waals surface area contributed by atoms with Gasteiger partial charge in [-0.05, 0) is 49.9 Å². The summed E-state index contributed by atoms with van der Waals surface area (Å²) < 4.78 is 2.12. The highest BCUT2D eigenvalue weighted by Gasteiger charge is 2.17. The molecule has 0 N–H and O–H groups in total. The summed E-state index contributed by atoms with van der Waals surface area (Å²) in [6.07, 6.45) is 17.3. The van der Waals surface area contributed by atoms with Gasteiger partial charge in [0.25, 0.3) is 0 Å². The molecule has 0 radical (unpaired) electrons. The fourth-order valence-corrected chi connectivity index (χ4v) is 3.66. The molecule has 32 heavy (non-hydrogen) atoms. The van der Waals surface area contributed by atoms with E-state index in [-0.39, 0.29) is 0 Å². The largest absolute Gasteiger partial charge is 0.298 e. The van der Waals surface area contributed by atoms with E-state index in [1.54, 1.807) is 6.20 Å². The number of aryl methyl sites for hydroxylation is 3. The van der Waals surface area contributed by atoms with Crippen LogP contribution in [0.25, 0.3) is 28.3 Å². The minimum atomic E-state index is 0.757. The van der Waals surface area contributed by atoms with Crippen molar-refractivity contribution in [2.45, 2.75) is 53.4 Å². The van der Waals surface area contributed by atoms with Crippen molar-refractivity contribution < 1.29 is 0 Å². The van der Waals surface area contributed by atoms with Crippen molar-refractivity contribution in [1.29, 1.82) is 0 Å². The van der Waals surface area contributed by atoms with Crippen molar-refractivity contribution >= 4 is 5.65 Å². The monoisotopic (exact) mass is 424 g/mol. The van der Waals surface area contributed by atoms with Gasteiger partial charge < -0.3 is 0 Å². The van der Waals surface area contributed by atoms with E-state index in [2.05, 4.69) is 90.6 Å². The van der Waals surface area contributed by atoms with Crippen molar-refractivity contribution in [3.8, 4) is 35.5 Å². The highest BCUT2D eigenvalue weighted by Crippen LogP contribution is 2.32. The number of imidazole rings is 1. The minimum Gasteiger partial charge on any atom is -0.298 e. The number of fused-ring (bicyclic) bond motifs is 1. The number of hydrogen-bond acceptors (Lipinski definition) is 3. The van der Waals surface area contributed by atoms with Crippen LogP contribution < -0.4 is 0 Å². The third kappa shape index (κ3) is 5.23. The second kappa shape index (κ2) is 10.7. The summed E-state index contributed by atoms with van der Waals surface area (Å²) in [5.41, 5.74) is 7.40. The van der Waals surface area contributed by atoms with Gasteiger partial charge in [0.2, 0.25) is 0 Å². The molecule has 1 aliphatic carbocycles. The van der Waals surface area contributed by atoms with Crippen LogP contribution in [0.4, 0.5) is 0 Å². The van der Waals surface area contributed by atoms with Gasteiger partial charge in [0, 0.05) is 18.0 Å². The van der Waals surface area contributed by atoms with E-state index in [4.69, 9.17) is 4.98 Å². The van der Waals surface area contributed by atoms with E-state index in [1.807, 2.05) is 13.0 Å². The zero-order chi connectivity index (χ0) is 23.1. The summed E-state index contributed by atoms with van der Waals surface area (Å²) in [5, 5.41) is 0. The fraction of sp³-hybridized carbons (Fsp3) is 0.321. The third-order valence-electron chi connectivity index (χ3n) is 5.84. The Kier molecular flexibility index (Phi) is 7.78. The van der Waals surface area contributed by atoms with Crippen molar-refractivity contribution in [2.75, 3.05) is 0 Å². The van der Waals surface area contributed by atoms with Crippen molar-refractivity contribution in [3.63, 3.8) is 0 Å². The lowest BCUT2D eigenvalue weighted by atomic mass is 9.88. The van der Waals surface area contributed by atoms with Crippen LogP contribution in [-0.4, -0.2) is 19.4 Å². The number of nitrogens with zero attached hydrogens (tertiary/aromatic N) is 4. The number of pyridine rings is 1. The molecule has 1 saturated carbocycles. The van der Waals surface area contributed by atoms with Gasteiger partial charge in [-0.3, -0.25) is 4.40 Å². The van der Waals surface area contributed by atoms with E-state index in [9.17, 15) is 0 Å². The highest BCUT2D eigenvalue weighted by atomic mass is 15.0. The minimum absolute atomic E-state index is 0.757. The first-order chi connectivity index (χ1) is 15.5. The zero-order valence-electron chi connectivity index (χ0n) is 19.5. The molecule has 3 aromatic heterocycles. The summed E-state index contributed by atoms with van der Waals surface area (Å²) >= 11 is 0. The van der Waals surface area contributed by atoms with E-state index >= 15 is 0 Å². The Hall–Kier alpha value is -3.45. The first kappa shape index (κ1) is 23.2. The maximum atomic E-state index is 4.93. The lowest BCUT2D eigenvalue weighted by Crippen LogP contribution is -2.04. The molecule has 164 valence electrons. The van der Waals surface area contributed by atoms with Crippen LogP contribution in [-0.2, 0) is 6.42 Å². The maximum Gasteiger partial charge on any atom is 0.138 e. The standard InChI is InChI=1S/C21H20N4.C5H10.C2H2/c1-4-16-10-12-25-19(13-16)24-20(17-7-5-14(2)6-8-17)21(25)18-9-11-22-15(3)23-18;1-5-3-2-4-5;1-2/h5-13H,4H2,1-3H3;5H,2-4H2,1H3;1-2H. The smallest absolute Gasteiger partial charge is 0.138 e. The quantitative estimate of drug-likeness (QED) is 0.344. The molecule has 0 atom stereocenters. The number of terminal acetylenes is 1. The van der Waals surface area contributed by atoms with Crippen LogP contribution in [0, 0.1) is 32.6 Å². The van der Waals surface area contributed by atoms with Crippen LogP contribution in [0.1, 0.15) is 50.1 Å². The molecule has 0 bridgehead atoms. The first-order valence-corrected chi connectivity index (χ1v) is 11.3. The first-order valence-electron chi connectivity index (χ1n) is 11.3. The van der Waals surface area contributed by atoms with Gasteiger partial charge in [-0.25, -0.2) is 15.0 Å². The lowest BCUT2D eigenvalue weighted by Gasteiger charge is -2.18. The van der Waals surface area contributed by atoms with E-state index in [0.29, 0.717) is 0 Å². The van der Waals surface area contributed by atoms with Crippen molar-refractivity contribution in [2.24, 2.45) is 5.92 Å². The summed E-state index contributed by atoms with van der Waals surface area (Å²) in [5.74, 6) is 1.82. The summed E-state index contributed by atoms with van der Waals surface area (Å²) in [7, 11) is 0. The normalized spacial score (nSPS) is 12.8. The Balaban J connectivity index is 0.000000359. The average Bonchev–Trinajstić information content (AvgIpc) is 3.18. The molecule has 0 spiro atoms. The van der Waals surface area contributed by atoms with Gasteiger partial charge in [0.05, 0.1) is 17.1 Å². The predicted molar refractivity (Wildman–Crippen MR) is 133 cm³/mol. The number of aromatic nitrogens is 4. The van der Waals surface area contributed by atoms with Gasteiger partial charge in [-0.15, -0.1) is 12.8 Å². The topological polar surface area (TPSA) is 43.1 Å². The molecule has 1 aromatic carbocycles. The number of rotatable bonds is 3. The number of hydrogen-bond donors (Lipinski definition) is 0. The zero-order valence-corrected chi connectivity index (χ0v) is 19.5. The molecule has 0 saturated heterocycles. The van der Waals surface area contributed by atoms with Crippen LogP contribution in [0.5, 0.6) is 0 Å². The van der Waals surface area contributed by atoms with Crippen LogP contribution in [0.3, 0.4) is 0 Å². The van der Waals surface area contributed by atoms with Gasteiger partial charge in [0.15, 0.2) is 0 Å². The molecule has 0 aliphatic heterocycles. The molecule has 4 nitrogen and oxygen atoms in total. The van der Waals surface area contributed by atoms with Gasteiger partial charge in [0.1, 0.15) is 11.5 Å². The van der Waals surface area contributed by atoms with E-state index in [0.717, 1.165) is 46.5 Å². The molecule has 4 aromatic rings. The molecule has 4 heteroatoms. The Morgan fingerprint density at radius 1 is 1.00 bits per heavy atom. The van der Waals surface area contributed by atoms with Crippen LogP contribution >= 0.6 is 0 Å². The molecule has 1 fully saturated rings. The molecule has 0 unspecified atom stereocenters. The third-order valence-corrected chi connectivity index (χ3v) is 5.84. The maximum absolute atomic E-state index is 4.93. The second-order valence-electron chi connectivity index (χ2n) is 8.32. The van der Waals surface area contributed by atoms with E-state index < -0.39 is 0 Å². The Morgan fingerprint density at radius 3 is 2.25 bits per heavy atom. The lowest BCUT2D eigenvalue weighted by molar-refractivity contribution is 0.346. The molecule has 3 heterocycles. The molecule has 0 amide bonds. The second-order valence-corrected chi connectivity index (χ2v) is 8.32. The molecule has 1 aliphatic rings. The van der Waals surface area contributed by atoms with E-state index in [1.165, 1.54) is 30.4 Å². The SMILES string of the molecule is C#C.CC1CCC1.CCc1ccn2c(-c3ccnc(C)n3)c(-c3ccc(C)cc3)nc2c1. The summed E-state index contributed by atoms with van der Waals surface area (Å²) in [4.78, 5) is 13.8. The van der Waals surface area contributed by atoms with Gasteiger partial charge >= 0.3 is 0 Å². The summed E-state index contributed by atoms with van der Waals surface area (Å²) in [6, 6.07) is 14.7. The summed E-state index contributed by atoms with van der Waals surface area (Å²) in [6.45, 7) is 8.47. The Bertz CT molecular complexity index is 1180. The van der Waals surface area contributed by atoms with Crippen molar-refractivity contribution in [1.82, 2.24) is 19.4 Å².